The van der Waals surface area contributed by atoms with Crippen molar-refractivity contribution >= 4 is 5.82 Å². The quantitative estimate of drug-likeness (QED) is 0.925. The summed E-state index contributed by atoms with van der Waals surface area (Å²) in [5, 5.41) is 0. The van der Waals surface area contributed by atoms with E-state index < -0.39 is 0 Å². The van der Waals surface area contributed by atoms with E-state index in [1.54, 1.807) is 14.2 Å². The zero-order chi connectivity index (χ0) is 14.1. The molecule has 5 nitrogen and oxygen atoms in total. The Balaban J connectivity index is 2.12. The van der Waals surface area contributed by atoms with Gasteiger partial charge >= 0.3 is 0 Å². The second-order valence-corrected chi connectivity index (χ2v) is 4.86. The van der Waals surface area contributed by atoms with Crippen LogP contribution in [0, 0.1) is 0 Å². The van der Waals surface area contributed by atoms with Crippen LogP contribution < -0.4 is 15.2 Å². The van der Waals surface area contributed by atoms with Gasteiger partial charge in [-0.25, -0.2) is 9.97 Å². The van der Waals surface area contributed by atoms with Gasteiger partial charge in [0, 0.05) is 17.7 Å². The van der Waals surface area contributed by atoms with Crippen molar-refractivity contribution in [3.63, 3.8) is 0 Å². The highest BCUT2D eigenvalue weighted by Gasteiger charge is 2.26. The molecule has 2 aromatic rings. The highest BCUT2D eigenvalue weighted by Crippen LogP contribution is 2.41. The lowest BCUT2D eigenvalue weighted by Gasteiger charge is -2.12. The summed E-state index contributed by atoms with van der Waals surface area (Å²) in [5.41, 5.74) is 7.71. The van der Waals surface area contributed by atoms with Gasteiger partial charge < -0.3 is 15.2 Å². The maximum atomic E-state index is 5.90. The molecule has 0 radical (unpaired) electrons. The van der Waals surface area contributed by atoms with Crippen molar-refractivity contribution in [2.75, 3.05) is 20.0 Å². The zero-order valence-electron chi connectivity index (χ0n) is 11.6. The molecule has 1 aromatic carbocycles. The minimum Gasteiger partial charge on any atom is -0.493 e. The average molecular weight is 271 g/mol. The van der Waals surface area contributed by atoms with Gasteiger partial charge in [-0.3, -0.25) is 0 Å². The Bertz CT molecular complexity index is 639. The summed E-state index contributed by atoms with van der Waals surface area (Å²) in [5.74, 6) is 2.88. The molecule has 0 bridgehead atoms. The van der Waals surface area contributed by atoms with E-state index in [-0.39, 0.29) is 0 Å². The molecule has 3 rings (SSSR count). The van der Waals surface area contributed by atoms with E-state index in [0.717, 1.165) is 11.3 Å². The number of anilines is 1. The Kier molecular flexibility index (Phi) is 3.18. The van der Waals surface area contributed by atoms with E-state index in [9.17, 15) is 0 Å². The van der Waals surface area contributed by atoms with Gasteiger partial charge in [-0.1, -0.05) is 6.07 Å². The Labute approximate surface area is 117 Å². The van der Waals surface area contributed by atoms with Crippen LogP contribution in [0.4, 0.5) is 5.82 Å². The average Bonchev–Trinajstić information content (AvgIpc) is 3.30. The summed E-state index contributed by atoms with van der Waals surface area (Å²) in [4.78, 5) is 8.95. The number of nitrogens with two attached hydrogens (primary N) is 1. The summed E-state index contributed by atoms with van der Waals surface area (Å²) in [6, 6.07) is 7.50. The standard InChI is InChI=1S/C15H17N3O2/c1-19-12-5-3-4-10(14(12)20-2)15-17-11(9-6-7-9)8-13(16)18-15/h3-5,8-9H,6-7H2,1-2H3,(H2,16,17,18). The van der Waals surface area contributed by atoms with Gasteiger partial charge in [0.05, 0.1) is 19.8 Å². The molecule has 0 atom stereocenters. The lowest BCUT2D eigenvalue weighted by Crippen LogP contribution is -2.01. The van der Waals surface area contributed by atoms with Crippen LogP contribution >= 0.6 is 0 Å². The Hall–Kier alpha value is -2.30. The van der Waals surface area contributed by atoms with Crippen molar-refractivity contribution < 1.29 is 9.47 Å². The first-order valence-electron chi connectivity index (χ1n) is 6.58. The van der Waals surface area contributed by atoms with Gasteiger partial charge in [-0.05, 0) is 25.0 Å². The first-order chi connectivity index (χ1) is 9.72. The van der Waals surface area contributed by atoms with Crippen molar-refractivity contribution in [2.45, 2.75) is 18.8 Å². The number of hydrogen-bond acceptors (Lipinski definition) is 5. The molecular formula is C15H17N3O2. The largest absolute Gasteiger partial charge is 0.493 e. The minimum atomic E-state index is 0.488. The van der Waals surface area contributed by atoms with Crippen molar-refractivity contribution in [2.24, 2.45) is 0 Å². The normalized spacial score (nSPS) is 14.1. The van der Waals surface area contributed by atoms with Gasteiger partial charge in [-0.15, -0.1) is 0 Å². The predicted molar refractivity (Wildman–Crippen MR) is 77.0 cm³/mol. The first kappa shape index (κ1) is 12.7. The monoisotopic (exact) mass is 271 g/mol. The van der Waals surface area contributed by atoms with Crippen molar-refractivity contribution in [1.29, 1.82) is 0 Å². The lowest BCUT2D eigenvalue weighted by atomic mass is 10.1. The molecule has 0 aliphatic heterocycles. The number of benzene rings is 1. The van der Waals surface area contributed by atoms with Crippen LogP contribution in [0.15, 0.2) is 24.3 Å². The maximum Gasteiger partial charge on any atom is 0.171 e. The van der Waals surface area contributed by atoms with Gasteiger partial charge in [0.15, 0.2) is 17.3 Å². The fourth-order valence-electron chi connectivity index (χ4n) is 2.26. The molecule has 0 amide bonds. The molecule has 1 aromatic heterocycles. The molecule has 0 unspecified atom stereocenters. The molecule has 1 fully saturated rings. The summed E-state index contributed by atoms with van der Waals surface area (Å²) in [6.45, 7) is 0. The predicted octanol–water partition coefficient (Wildman–Crippen LogP) is 2.62. The number of ether oxygens (including phenoxy) is 2. The molecule has 1 heterocycles. The molecule has 20 heavy (non-hydrogen) atoms. The van der Waals surface area contributed by atoms with Gasteiger partial charge in [0.1, 0.15) is 5.82 Å². The van der Waals surface area contributed by atoms with E-state index in [4.69, 9.17) is 15.2 Å². The third kappa shape index (κ3) is 2.27. The van der Waals surface area contributed by atoms with E-state index >= 15 is 0 Å². The van der Waals surface area contributed by atoms with Crippen LogP contribution in [0.25, 0.3) is 11.4 Å². The minimum absolute atomic E-state index is 0.488. The van der Waals surface area contributed by atoms with Crippen LogP contribution in [0.2, 0.25) is 0 Å². The highest BCUT2D eigenvalue weighted by atomic mass is 16.5. The van der Waals surface area contributed by atoms with E-state index in [1.165, 1.54) is 12.8 Å². The third-order valence-electron chi connectivity index (χ3n) is 3.41. The Morgan fingerprint density at radius 1 is 1.15 bits per heavy atom. The zero-order valence-corrected chi connectivity index (χ0v) is 11.6. The van der Waals surface area contributed by atoms with E-state index in [1.807, 2.05) is 24.3 Å². The van der Waals surface area contributed by atoms with Crippen LogP contribution in [-0.2, 0) is 0 Å². The van der Waals surface area contributed by atoms with Crippen LogP contribution in [0.3, 0.4) is 0 Å². The highest BCUT2D eigenvalue weighted by molar-refractivity contribution is 5.69. The fourth-order valence-corrected chi connectivity index (χ4v) is 2.26. The van der Waals surface area contributed by atoms with Crippen molar-refractivity contribution in [1.82, 2.24) is 9.97 Å². The number of nitrogen functional groups attached to an aromatic ring is 1. The number of methoxy groups -OCH3 is 2. The molecule has 0 saturated heterocycles. The Morgan fingerprint density at radius 3 is 2.60 bits per heavy atom. The van der Waals surface area contributed by atoms with Crippen LogP contribution in [0.5, 0.6) is 11.5 Å². The van der Waals surface area contributed by atoms with E-state index in [2.05, 4.69) is 9.97 Å². The first-order valence-corrected chi connectivity index (χ1v) is 6.58. The number of rotatable bonds is 4. The summed E-state index contributed by atoms with van der Waals surface area (Å²) >= 11 is 0. The van der Waals surface area contributed by atoms with Gasteiger partial charge in [0.25, 0.3) is 0 Å². The SMILES string of the molecule is COc1cccc(-c2nc(N)cc(C3CC3)n2)c1OC. The summed E-state index contributed by atoms with van der Waals surface area (Å²) < 4.78 is 10.7. The molecule has 0 spiro atoms. The van der Waals surface area contributed by atoms with Crippen LogP contribution in [-0.4, -0.2) is 24.2 Å². The lowest BCUT2D eigenvalue weighted by molar-refractivity contribution is 0.356. The molecule has 104 valence electrons. The number of hydrogen-bond donors (Lipinski definition) is 1. The maximum absolute atomic E-state index is 5.90. The van der Waals surface area contributed by atoms with Gasteiger partial charge in [0.2, 0.25) is 0 Å². The van der Waals surface area contributed by atoms with Gasteiger partial charge in [-0.2, -0.15) is 0 Å². The molecule has 1 saturated carbocycles. The summed E-state index contributed by atoms with van der Waals surface area (Å²) in [6.07, 6.45) is 2.34. The molecule has 1 aliphatic rings. The number of aromatic nitrogens is 2. The summed E-state index contributed by atoms with van der Waals surface area (Å²) in [7, 11) is 3.22. The van der Waals surface area contributed by atoms with Crippen molar-refractivity contribution in [3.05, 3.63) is 30.0 Å². The van der Waals surface area contributed by atoms with Crippen LogP contribution in [0.1, 0.15) is 24.5 Å². The molecule has 1 aliphatic carbocycles. The number of para-hydroxylation sites is 1. The van der Waals surface area contributed by atoms with E-state index in [0.29, 0.717) is 29.1 Å². The smallest absolute Gasteiger partial charge is 0.171 e. The topological polar surface area (TPSA) is 70.3 Å². The second kappa shape index (κ2) is 5.00. The molecular weight excluding hydrogens is 254 g/mol. The van der Waals surface area contributed by atoms with Crippen molar-refractivity contribution in [3.8, 4) is 22.9 Å². The number of nitrogens with zero attached hydrogens (tertiary/aromatic N) is 2. The second-order valence-electron chi connectivity index (χ2n) is 4.86. The molecule has 5 heteroatoms. The Morgan fingerprint density at radius 2 is 1.95 bits per heavy atom. The molecule has 2 N–H and O–H groups in total. The fraction of sp³-hybridized carbons (Fsp3) is 0.333. The third-order valence-corrected chi connectivity index (χ3v) is 3.41.